The molecular weight excluding hydrogens is 441 g/mol. The Balaban J connectivity index is 1.50. The Morgan fingerprint density at radius 3 is 2.26 bits per heavy atom. The van der Waals surface area contributed by atoms with Crippen molar-refractivity contribution in [3.05, 3.63) is 53.3 Å². The number of likely N-dealkylation sites (tertiary alicyclic amines) is 1. The molecular formula is C25H30FN3O5. The van der Waals surface area contributed by atoms with E-state index >= 15 is 0 Å². The first-order valence-corrected chi connectivity index (χ1v) is 11.3. The molecule has 0 aliphatic carbocycles. The summed E-state index contributed by atoms with van der Waals surface area (Å²) < 4.78 is 30.9. The number of benzene rings is 2. The summed E-state index contributed by atoms with van der Waals surface area (Å²) in [5.41, 5.74) is 0.218. The molecule has 34 heavy (non-hydrogen) atoms. The molecule has 9 heteroatoms. The lowest BCUT2D eigenvalue weighted by Crippen LogP contribution is -2.57. The van der Waals surface area contributed by atoms with E-state index in [0.717, 1.165) is 5.56 Å². The number of urea groups is 1. The van der Waals surface area contributed by atoms with Crippen LogP contribution in [0.5, 0.6) is 17.2 Å². The van der Waals surface area contributed by atoms with Crippen LogP contribution in [0, 0.1) is 11.7 Å². The smallest absolute Gasteiger partial charge is 0.322 e. The van der Waals surface area contributed by atoms with Gasteiger partial charge in [-0.3, -0.25) is 15.0 Å². The van der Waals surface area contributed by atoms with Crippen molar-refractivity contribution in [1.82, 2.24) is 15.5 Å². The predicted octanol–water partition coefficient (Wildman–Crippen LogP) is 2.88. The highest BCUT2D eigenvalue weighted by Gasteiger charge is 2.52. The van der Waals surface area contributed by atoms with Gasteiger partial charge in [0.05, 0.1) is 21.3 Å². The largest absolute Gasteiger partial charge is 0.493 e. The van der Waals surface area contributed by atoms with Gasteiger partial charge in [-0.1, -0.05) is 24.3 Å². The molecule has 3 amide bonds. The molecule has 182 valence electrons. The van der Waals surface area contributed by atoms with Gasteiger partial charge in [0, 0.05) is 18.5 Å². The number of piperidine rings is 1. The molecule has 2 aliphatic rings. The van der Waals surface area contributed by atoms with Crippen molar-refractivity contribution < 1.29 is 28.2 Å². The first kappa shape index (κ1) is 23.8. The summed E-state index contributed by atoms with van der Waals surface area (Å²) in [7, 11) is 4.75. The summed E-state index contributed by atoms with van der Waals surface area (Å²) >= 11 is 0. The van der Waals surface area contributed by atoms with Crippen molar-refractivity contribution in [2.24, 2.45) is 5.92 Å². The zero-order valence-corrected chi connectivity index (χ0v) is 19.7. The number of imide groups is 1. The lowest BCUT2D eigenvalue weighted by Gasteiger charge is -2.41. The van der Waals surface area contributed by atoms with Crippen LogP contribution in [0.2, 0.25) is 0 Å². The third-order valence-electron chi connectivity index (χ3n) is 6.86. The molecule has 2 aromatic carbocycles. The fourth-order valence-corrected chi connectivity index (χ4v) is 5.12. The molecule has 2 fully saturated rings. The fourth-order valence-electron chi connectivity index (χ4n) is 5.12. The van der Waals surface area contributed by atoms with Crippen LogP contribution in [0.1, 0.15) is 24.0 Å². The van der Waals surface area contributed by atoms with Crippen LogP contribution in [0.3, 0.4) is 0 Å². The van der Waals surface area contributed by atoms with Crippen molar-refractivity contribution in [2.75, 3.05) is 34.4 Å². The van der Waals surface area contributed by atoms with Crippen LogP contribution in [0.15, 0.2) is 36.4 Å². The maximum atomic E-state index is 14.4. The van der Waals surface area contributed by atoms with Crippen LogP contribution >= 0.6 is 0 Å². The summed E-state index contributed by atoms with van der Waals surface area (Å²) in [5.74, 6) is 0.880. The van der Waals surface area contributed by atoms with Crippen molar-refractivity contribution >= 4 is 11.9 Å². The van der Waals surface area contributed by atoms with Crippen molar-refractivity contribution in [3.63, 3.8) is 0 Å². The van der Waals surface area contributed by atoms with Crippen LogP contribution < -0.4 is 24.8 Å². The number of hydrogen-bond acceptors (Lipinski definition) is 6. The second kappa shape index (κ2) is 9.89. The maximum Gasteiger partial charge on any atom is 0.322 e. The van der Waals surface area contributed by atoms with Gasteiger partial charge in [0.2, 0.25) is 5.75 Å². The first-order valence-electron chi connectivity index (χ1n) is 11.3. The van der Waals surface area contributed by atoms with E-state index in [1.54, 1.807) is 39.5 Å². The van der Waals surface area contributed by atoms with Crippen LogP contribution in [0.25, 0.3) is 0 Å². The Bertz CT molecular complexity index is 1070. The van der Waals surface area contributed by atoms with Crippen LogP contribution in [0.4, 0.5) is 9.18 Å². The van der Waals surface area contributed by atoms with E-state index in [1.807, 2.05) is 12.1 Å². The molecule has 0 bridgehead atoms. The van der Waals surface area contributed by atoms with Crippen molar-refractivity contribution in [1.29, 1.82) is 0 Å². The Kier molecular flexibility index (Phi) is 6.92. The highest BCUT2D eigenvalue weighted by molar-refractivity contribution is 6.07. The Hall–Kier alpha value is -3.33. The average Bonchev–Trinajstić information content (AvgIpc) is 3.13. The number of carbonyl (C=O) groups excluding carboxylic acids is 2. The Morgan fingerprint density at radius 1 is 0.971 bits per heavy atom. The maximum absolute atomic E-state index is 14.4. The van der Waals surface area contributed by atoms with E-state index in [-0.39, 0.29) is 24.1 Å². The molecule has 2 heterocycles. The number of nitrogens with zero attached hydrogens (tertiary/aromatic N) is 1. The molecule has 0 saturated carbocycles. The quantitative estimate of drug-likeness (QED) is 0.576. The number of rotatable bonds is 8. The van der Waals surface area contributed by atoms with Crippen molar-refractivity contribution in [2.45, 2.75) is 31.3 Å². The highest BCUT2D eigenvalue weighted by Crippen LogP contribution is 2.41. The lowest BCUT2D eigenvalue weighted by atomic mass is 9.74. The lowest BCUT2D eigenvalue weighted by molar-refractivity contribution is -0.126. The third-order valence-corrected chi connectivity index (χ3v) is 6.86. The van der Waals surface area contributed by atoms with Gasteiger partial charge in [-0.05, 0) is 49.5 Å². The molecule has 2 N–H and O–H groups in total. The van der Waals surface area contributed by atoms with Gasteiger partial charge in [0.1, 0.15) is 11.4 Å². The molecule has 8 nitrogen and oxygen atoms in total. The number of hydrogen-bond donors (Lipinski definition) is 2. The van der Waals surface area contributed by atoms with Gasteiger partial charge < -0.3 is 19.5 Å². The molecule has 0 radical (unpaired) electrons. The second-order valence-corrected chi connectivity index (χ2v) is 8.69. The van der Waals surface area contributed by atoms with E-state index in [2.05, 4.69) is 15.5 Å². The fraction of sp³-hybridized carbons (Fsp3) is 0.440. The minimum atomic E-state index is -1.16. The molecule has 2 aromatic rings. The standard InChI is InChI=1S/C25H30FN3O5/c1-32-20-9-8-17(21(33-2)22(20)34-3)15-29-12-10-18(11-13-29)25(23(30)27-24(31)28-25)14-16-6-4-5-7-19(16)26/h4-9,18H,10-15H2,1-3H3,(H2,27,28,30,31)/t25-/m1/s1. The number of halogens is 1. The number of methoxy groups -OCH3 is 3. The van der Waals surface area contributed by atoms with Gasteiger partial charge in [-0.2, -0.15) is 0 Å². The summed E-state index contributed by atoms with van der Waals surface area (Å²) in [4.78, 5) is 27.3. The average molecular weight is 472 g/mol. The monoisotopic (exact) mass is 471 g/mol. The van der Waals surface area contributed by atoms with E-state index in [4.69, 9.17) is 14.2 Å². The zero-order valence-electron chi connectivity index (χ0n) is 19.7. The highest BCUT2D eigenvalue weighted by atomic mass is 19.1. The Morgan fingerprint density at radius 2 is 1.68 bits per heavy atom. The molecule has 0 spiro atoms. The number of carbonyl (C=O) groups is 2. The molecule has 4 rings (SSSR count). The van der Waals surface area contributed by atoms with Crippen LogP contribution in [-0.4, -0.2) is 56.8 Å². The Labute approximate surface area is 198 Å². The predicted molar refractivity (Wildman–Crippen MR) is 124 cm³/mol. The summed E-state index contributed by atoms with van der Waals surface area (Å²) in [5, 5.41) is 5.20. The van der Waals surface area contributed by atoms with Crippen LogP contribution in [-0.2, 0) is 17.8 Å². The SMILES string of the molecule is COc1ccc(CN2CCC([C@@]3(Cc4ccccc4F)NC(=O)NC3=O)CC2)c(OC)c1OC. The number of amides is 3. The van der Waals surface area contributed by atoms with Gasteiger partial charge >= 0.3 is 6.03 Å². The third kappa shape index (κ3) is 4.40. The minimum Gasteiger partial charge on any atom is -0.493 e. The molecule has 2 aliphatic heterocycles. The molecule has 0 unspecified atom stereocenters. The van der Waals surface area contributed by atoms with Gasteiger partial charge in [-0.25, -0.2) is 9.18 Å². The second-order valence-electron chi connectivity index (χ2n) is 8.69. The summed E-state index contributed by atoms with van der Waals surface area (Å²) in [6.45, 7) is 2.06. The molecule has 1 atom stereocenters. The summed E-state index contributed by atoms with van der Waals surface area (Å²) in [6.07, 6.45) is 1.47. The van der Waals surface area contributed by atoms with Gasteiger partial charge in [-0.15, -0.1) is 0 Å². The first-order chi connectivity index (χ1) is 16.4. The zero-order chi connectivity index (χ0) is 24.3. The number of nitrogens with one attached hydrogen (secondary N) is 2. The van der Waals surface area contributed by atoms with E-state index in [0.29, 0.717) is 55.3 Å². The number of ether oxygens (including phenoxy) is 3. The summed E-state index contributed by atoms with van der Waals surface area (Å²) in [6, 6.07) is 9.66. The van der Waals surface area contributed by atoms with Gasteiger partial charge in [0.15, 0.2) is 11.5 Å². The minimum absolute atomic E-state index is 0.116. The molecule has 0 aromatic heterocycles. The van der Waals surface area contributed by atoms with E-state index in [1.165, 1.54) is 6.07 Å². The van der Waals surface area contributed by atoms with Crippen molar-refractivity contribution in [3.8, 4) is 17.2 Å². The topological polar surface area (TPSA) is 89.1 Å². The normalized spacial score (nSPS) is 21.2. The van der Waals surface area contributed by atoms with Gasteiger partial charge in [0.25, 0.3) is 5.91 Å². The van der Waals surface area contributed by atoms with E-state index < -0.39 is 11.6 Å². The van der Waals surface area contributed by atoms with E-state index in [9.17, 15) is 14.0 Å². The molecule has 2 saturated heterocycles.